The highest BCUT2D eigenvalue weighted by molar-refractivity contribution is 5.39. The van der Waals surface area contributed by atoms with Gasteiger partial charge in [0.2, 0.25) is 0 Å². The summed E-state index contributed by atoms with van der Waals surface area (Å²) < 4.78 is 0. The number of hydrogen-bond acceptors (Lipinski definition) is 0. The summed E-state index contributed by atoms with van der Waals surface area (Å²) in [5.74, 6) is 1.10. The lowest BCUT2D eigenvalue weighted by atomic mass is 9.83. The first-order valence-electron chi connectivity index (χ1n) is 8.81. The van der Waals surface area contributed by atoms with Crippen molar-refractivity contribution in [3.05, 3.63) is 114 Å². The fraction of sp³-hybridized carbons (Fsp3) is 0.208. The first kappa shape index (κ1) is 16.4. The highest BCUT2D eigenvalue weighted by atomic mass is 14.2. The lowest BCUT2D eigenvalue weighted by Gasteiger charge is -2.23. The van der Waals surface area contributed by atoms with E-state index < -0.39 is 0 Å². The topological polar surface area (TPSA) is 0 Å². The van der Waals surface area contributed by atoms with E-state index in [9.17, 15) is 0 Å². The van der Waals surface area contributed by atoms with Gasteiger partial charge in [0, 0.05) is 0 Å². The molecular formula is C24H25-. The van der Waals surface area contributed by atoms with Crippen molar-refractivity contribution < 1.29 is 0 Å². The Morgan fingerprint density at radius 2 is 1.54 bits per heavy atom. The van der Waals surface area contributed by atoms with Gasteiger partial charge in [0.15, 0.2) is 0 Å². The largest absolute Gasteiger partial charge is 0.156 e. The number of hydrogen-bond donors (Lipinski definition) is 0. The van der Waals surface area contributed by atoms with Crippen molar-refractivity contribution in [2.75, 3.05) is 0 Å². The van der Waals surface area contributed by atoms with Gasteiger partial charge >= 0.3 is 0 Å². The number of benzene rings is 2. The van der Waals surface area contributed by atoms with Gasteiger partial charge in [0.1, 0.15) is 0 Å². The van der Waals surface area contributed by atoms with Crippen LogP contribution in [0.1, 0.15) is 42.7 Å². The zero-order valence-electron chi connectivity index (χ0n) is 14.3. The Labute approximate surface area is 146 Å². The fourth-order valence-corrected chi connectivity index (χ4v) is 3.31. The van der Waals surface area contributed by atoms with Crippen molar-refractivity contribution in [3.8, 4) is 0 Å². The predicted molar refractivity (Wildman–Crippen MR) is 104 cm³/mol. The molecule has 0 spiro atoms. The van der Waals surface area contributed by atoms with Crippen molar-refractivity contribution in [1.29, 1.82) is 0 Å². The van der Waals surface area contributed by atoms with Gasteiger partial charge in [-0.3, -0.25) is 0 Å². The van der Waals surface area contributed by atoms with E-state index in [0.717, 1.165) is 12.8 Å². The molecule has 0 nitrogen and oxygen atoms in total. The Kier molecular flexibility index (Phi) is 5.74. The van der Waals surface area contributed by atoms with Crippen LogP contribution in [0, 0.1) is 6.42 Å². The summed E-state index contributed by atoms with van der Waals surface area (Å²) in [6.45, 7) is 2.34. The first-order chi connectivity index (χ1) is 11.8. The molecule has 2 unspecified atom stereocenters. The van der Waals surface area contributed by atoms with E-state index in [-0.39, 0.29) is 0 Å². The van der Waals surface area contributed by atoms with E-state index in [0.29, 0.717) is 11.8 Å². The minimum Gasteiger partial charge on any atom is -0.156 e. The van der Waals surface area contributed by atoms with Gasteiger partial charge in [-0.25, -0.2) is 0 Å². The van der Waals surface area contributed by atoms with Crippen LogP contribution in [0.25, 0.3) is 0 Å². The Morgan fingerprint density at radius 3 is 2.17 bits per heavy atom. The third-order valence-corrected chi connectivity index (χ3v) is 4.72. The molecular weight excluding hydrogens is 288 g/mol. The Balaban J connectivity index is 1.75. The molecule has 0 amide bonds. The summed E-state index contributed by atoms with van der Waals surface area (Å²) in [4.78, 5) is 0. The van der Waals surface area contributed by atoms with Crippen LogP contribution in [0.3, 0.4) is 0 Å². The zero-order chi connectivity index (χ0) is 16.6. The SMILES string of the molecule is CC(CC(C/C=C1/C=CC=C[CH-]1)c1ccccc1)c1ccccc1. The maximum atomic E-state index is 2.37. The normalized spacial score (nSPS) is 17.5. The molecule has 0 aromatic heterocycles. The van der Waals surface area contributed by atoms with Gasteiger partial charge in [0.25, 0.3) is 0 Å². The van der Waals surface area contributed by atoms with Crippen LogP contribution in [0.15, 0.2) is 96.6 Å². The Hall–Kier alpha value is -2.47. The molecule has 1 aliphatic rings. The summed E-state index contributed by atoms with van der Waals surface area (Å²) in [6.07, 6.45) is 15.3. The second-order valence-corrected chi connectivity index (χ2v) is 6.51. The van der Waals surface area contributed by atoms with Gasteiger partial charge in [-0.1, -0.05) is 74.0 Å². The lowest BCUT2D eigenvalue weighted by Crippen LogP contribution is -2.04. The molecule has 0 heterocycles. The monoisotopic (exact) mass is 313 g/mol. The molecule has 0 fully saturated rings. The van der Waals surface area contributed by atoms with Gasteiger partial charge in [-0.2, -0.15) is 11.6 Å². The summed E-state index contributed by atoms with van der Waals surface area (Å²) in [5, 5.41) is 0. The van der Waals surface area contributed by atoms with Gasteiger partial charge < -0.3 is 0 Å². The highest BCUT2D eigenvalue weighted by Gasteiger charge is 2.15. The van der Waals surface area contributed by atoms with Gasteiger partial charge in [0.05, 0.1) is 0 Å². The average molecular weight is 313 g/mol. The zero-order valence-corrected chi connectivity index (χ0v) is 14.3. The molecule has 0 bridgehead atoms. The standard InChI is InChI=1S/C24H25/c1-20(22-13-7-3-8-14-22)19-24(23-15-9-4-10-16-23)18-17-21-11-5-2-6-12-21/h2-17,20,24H,18-19H2,1H3/q-1. The third-order valence-electron chi connectivity index (χ3n) is 4.72. The fourth-order valence-electron chi connectivity index (χ4n) is 3.31. The molecule has 0 saturated heterocycles. The molecule has 2 atom stereocenters. The Bertz CT molecular complexity index is 704. The van der Waals surface area contributed by atoms with Gasteiger partial charge in [-0.15, -0.1) is 30.7 Å². The molecule has 0 radical (unpaired) electrons. The summed E-state index contributed by atoms with van der Waals surface area (Å²) in [7, 11) is 0. The van der Waals surface area contributed by atoms with E-state index >= 15 is 0 Å². The van der Waals surface area contributed by atoms with Crippen LogP contribution in [-0.2, 0) is 0 Å². The summed E-state index contributed by atoms with van der Waals surface area (Å²) >= 11 is 0. The summed E-state index contributed by atoms with van der Waals surface area (Å²) in [6, 6.07) is 21.8. The average Bonchev–Trinajstić information content (AvgIpc) is 2.67. The highest BCUT2D eigenvalue weighted by Crippen LogP contribution is 2.33. The van der Waals surface area contributed by atoms with Crippen LogP contribution in [0.2, 0.25) is 0 Å². The van der Waals surface area contributed by atoms with Gasteiger partial charge in [-0.05, 0) is 29.4 Å². The third kappa shape index (κ3) is 4.52. The van der Waals surface area contributed by atoms with Crippen molar-refractivity contribution in [2.24, 2.45) is 0 Å². The lowest BCUT2D eigenvalue weighted by molar-refractivity contribution is 0.561. The van der Waals surface area contributed by atoms with Crippen LogP contribution < -0.4 is 0 Å². The van der Waals surface area contributed by atoms with Crippen molar-refractivity contribution in [1.82, 2.24) is 0 Å². The maximum absolute atomic E-state index is 2.37. The van der Waals surface area contributed by atoms with E-state index in [2.05, 4.69) is 104 Å². The molecule has 0 heteroatoms. The number of allylic oxidation sites excluding steroid dienone is 6. The van der Waals surface area contributed by atoms with Crippen LogP contribution >= 0.6 is 0 Å². The Morgan fingerprint density at radius 1 is 0.875 bits per heavy atom. The van der Waals surface area contributed by atoms with E-state index in [1.165, 1.54) is 16.7 Å². The quantitative estimate of drug-likeness (QED) is 0.526. The van der Waals surface area contributed by atoms with Crippen molar-refractivity contribution >= 4 is 0 Å². The van der Waals surface area contributed by atoms with Crippen molar-refractivity contribution in [2.45, 2.75) is 31.6 Å². The predicted octanol–water partition coefficient (Wildman–Crippen LogP) is 6.61. The second-order valence-electron chi connectivity index (χ2n) is 6.51. The molecule has 2 aromatic carbocycles. The minimum absolute atomic E-state index is 0.543. The maximum Gasteiger partial charge on any atom is -0.0185 e. The molecule has 0 N–H and O–H groups in total. The van der Waals surface area contributed by atoms with E-state index in [1.54, 1.807) is 0 Å². The first-order valence-corrected chi connectivity index (χ1v) is 8.81. The molecule has 24 heavy (non-hydrogen) atoms. The van der Waals surface area contributed by atoms with E-state index in [4.69, 9.17) is 0 Å². The number of rotatable bonds is 6. The van der Waals surface area contributed by atoms with Crippen molar-refractivity contribution in [3.63, 3.8) is 0 Å². The minimum atomic E-state index is 0.543. The summed E-state index contributed by atoms with van der Waals surface area (Å²) in [5.41, 5.74) is 4.18. The van der Waals surface area contributed by atoms with E-state index in [1.807, 2.05) is 0 Å². The molecule has 3 rings (SSSR count). The molecule has 0 aliphatic heterocycles. The molecule has 2 aromatic rings. The molecule has 1 aliphatic carbocycles. The van der Waals surface area contributed by atoms with Crippen LogP contribution in [0.4, 0.5) is 0 Å². The van der Waals surface area contributed by atoms with Crippen LogP contribution in [0.5, 0.6) is 0 Å². The van der Waals surface area contributed by atoms with Crippen LogP contribution in [-0.4, -0.2) is 0 Å². The molecule has 0 saturated carbocycles. The molecule has 122 valence electrons. The smallest absolute Gasteiger partial charge is 0.0185 e. The second kappa shape index (κ2) is 8.40.